The third-order valence-corrected chi connectivity index (χ3v) is 3.50. The number of rotatable bonds is 9. The molecule has 0 fully saturated rings. The summed E-state index contributed by atoms with van der Waals surface area (Å²) in [5.41, 5.74) is 0.642. The van der Waals surface area contributed by atoms with Gasteiger partial charge in [-0.05, 0) is 18.6 Å². The van der Waals surface area contributed by atoms with E-state index in [0.717, 1.165) is 6.42 Å². The lowest BCUT2D eigenvalue weighted by molar-refractivity contribution is 0.260. The molecule has 108 valence electrons. The van der Waals surface area contributed by atoms with Crippen molar-refractivity contribution >= 4 is 23.2 Å². The Morgan fingerprint density at radius 1 is 1.05 bits per heavy atom. The van der Waals surface area contributed by atoms with Gasteiger partial charge in [0, 0.05) is 10.6 Å². The van der Waals surface area contributed by atoms with Gasteiger partial charge >= 0.3 is 0 Å². The molecule has 4 heteroatoms. The Balaban J connectivity index is 2.36. The van der Waals surface area contributed by atoms with E-state index in [1.807, 2.05) is 0 Å². The van der Waals surface area contributed by atoms with Crippen LogP contribution in [0.4, 0.5) is 0 Å². The van der Waals surface area contributed by atoms with Crippen molar-refractivity contribution in [3.63, 3.8) is 0 Å². The summed E-state index contributed by atoms with van der Waals surface area (Å²) in [6.45, 7) is 2.72. The molecule has 0 aliphatic carbocycles. The Kier molecular flexibility index (Phi) is 8.27. The smallest absolute Gasteiger partial charge is 0.143 e. The van der Waals surface area contributed by atoms with Crippen molar-refractivity contribution in [1.82, 2.24) is 0 Å². The van der Waals surface area contributed by atoms with Crippen LogP contribution in [-0.4, -0.2) is 11.7 Å². The van der Waals surface area contributed by atoms with Crippen LogP contribution in [0.25, 0.3) is 0 Å². The quantitative estimate of drug-likeness (QED) is 0.633. The first-order valence-electron chi connectivity index (χ1n) is 6.90. The van der Waals surface area contributed by atoms with Crippen LogP contribution in [-0.2, 0) is 6.61 Å². The monoisotopic (exact) mass is 304 g/mol. The lowest BCUT2D eigenvalue weighted by Gasteiger charge is -2.12. The molecule has 0 aliphatic rings. The summed E-state index contributed by atoms with van der Waals surface area (Å²) < 4.78 is 5.67. The predicted molar refractivity (Wildman–Crippen MR) is 81.3 cm³/mol. The van der Waals surface area contributed by atoms with Crippen LogP contribution < -0.4 is 4.74 Å². The van der Waals surface area contributed by atoms with Gasteiger partial charge in [0.1, 0.15) is 5.75 Å². The zero-order valence-electron chi connectivity index (χ0n) is 11.4. The van der Waals surface area contributed by atoms with E-state index in [9.17, 15) is 5.11 Å². The van der Waals surface area contributed by atoms with Crippen molar-refractivity contribution in [2.75, 3.05) is 6.61 Å². The number of ether oxygens (including phenoxy) is 1. The molecule has 1 aromatic carbocycles. The summed E-state index contributed by atoms with van der Waals surface area (Å²) in [5, 5.41) is 10.2. The number of benzene rings is 1. The lowest BCUT2D eigenvalue weighted by atomic mass is 10.1. The molecule has 0 unspecified atom stereocenters. The second-order valence-electron chi connectivity index (χ2n) is 4.65. The molecule has 19 heavy (non-hydrogen) atoms. The fraction of sp³-hybridized carbons (Fsp3) is 0.600. The molecular weight excluding hydrogens is 283 g/mol. The summed E-state index contributed by atoms with van der Waals surface area (Å²) in [4.78, 5) is 0. The van der Waals surface area contributed by atoms with Crippen molar-refractivity contribution in [3.05, 3.63) is 27.7 Å². The Morgan fingerprint density at radius 3 is 2.42 bits per heavy atom. The van der Waals surface area contributed by atoms with E-state index >= 15 is 0 Å². The molecule has 0 heterocycles. The number of halogens is 2. The van der Waals surface area contributed by atoms with Gasteiger partial charge in [-0.3, -0.25) is 0 Å². The maximum absolute atomic E-state index is 9.27. The summed E-state index contributed by atoms with van der Waals surface area (Å²) >= 11 is 12.0. The molecule has 1 N–H and O–H groups in total. The molecule has 0 bridgehead atoms. The fourth-order valence-corrected chi connectivity index (χ4v) is 2.54. The molecule has 0 aromatic heterocycles. The first-order chi connectivity index (χ1) is 9.19. The van der Waals surface area contributed by atoms with E-state index in [1.165, 1.54) is 32.1 Å². The van der Waals surface area contributed by atoms with Gasteiger partial charge in [-0.15, -0.1) is 0 Å². The molecule has 0 amide bonds. The van der Waals surface area contributed by atoms with Crippen molar-refractivity contribution in [2.24, 2.45) is 0 Å². The van der Waals surface area contributed by atoms with Crippen molar-refractivity contribution in [1.29, 1.82) is 0 Å². The highest BCUT2D eigenvalue weighted by molar-refractivity contribution is 6.35. The minimum absolute atomic E-state index is 0.119. The molecule has 1 rings (SSSR count). The summed E-state index contributed by atoms with van der Waals surface area (Å²) in [6.07, 6.45) is 7.28. The van der Waals surface area contributed by atoms with Crippen LogP contribution in [0.3, 0.4) is 0 Å². The number of unbranched alkanes of at least 4 members (excludes halogenated alkanes) is 5. The maximum Gasteiger partial charge on any atom is 0.143 e. The second-order valence-corrected chi connectivity index (χ2v) is 5.49. The van der Waals surface area contributed by atoms with Gasteiger partial charge in [0.2, 0.25) is 0 Å². The average molecular weight is 305 g/mol. The van der Waals surface area contributed by atoms with E-state index in [1.54, 1.807) is 12.1 Å². The molecule has 1 aromatic rings. The largest absolute Gasteiger partial charge is 0.492 e. The average Bonchev–Trinajstić information content (AvgIpc) is 2.39. The normalized spacial score (nSPS) is 10.7. The first-order valence-corrected chi connectivity index (χ1v) is 7.66. The van der Waals surface area contributed by atoms with Gasteiger partial charge in [-0.2, -0.15) is 0 Å². The summed E-state index contributed by atoms with van der Waals surface area (Å²) in [6, 6.07) is 3.32. The summed E-state index contributed by atoms with van der Waals surface area (Å²) in [7, 11) is 0. The molecular formula is C15H22Cl2O2. The van der Waals surface area contributed by atoms with Crippen LogP contribution in [0.15, 0.2) is 12.1 Å². The molecule has 0 aliphatic heterocycles. The van der Waals surface area contributed by atoms with Gasteiger partial charge in [-0.25, -0.2) is 0 Å². The highest BCUT2D eigenvalue weighted by Crippen LogP contribution is 2.32. The van der Waals surface area contributed by atoms with E-state index in [-0.39, 0.29) is 6.61 Å². The Hall–Kier alpha value is -0.440. The minimum atomic E-state index is -0.119. The zero-order chi connectivity index (χ0) is 14.1. The van der Waals surface area contributed by atoms with Crippen molar-refractivity contribution < 1.29 is 9.84 Å². The van der Waals surface area contributed by atoms with Gasteiger partial charge in [0.25, 0.3) is 0 Å². The number of hydrogen-bond donors (Lipinski definition) is 1. The minimum Gasteiger partial charge on any atom is -0.492 e. The molecule has 0 atom stereocenters. The van der Waals surface area contributed by atoms with Crippen LogP contribution in [0.1, 0.15) is 51.0 Å². The molecule has 0 spiro atoms. The Bertz CT molecular complexity index is 381. The zero-order valence-corrected chi connectivity index (χ0v) is 12.9. The van der Waals surface area contributed by atoms with Crippen LogP contribution in [0.2, 0.25) is 10.0 Å². The SMILES string of the molecule is CCCCCCCCOc1c(Cl)cc(Cl)cc1CO. The summed E-state index contributed by atoms with van der Waals surface area (Å²) in [5.74, 6) is 0.558. The van der Waals surface area contributed by atoms with E-state index in [4.69, 9.17) is 27.9 Å². The highest BCUT2D eigenvalue weighted by atomic mass is 35.5. The van der Waals surface area contributed by atoms with Gasteiger partial charge in [-0.1, -0.05) is 62.2 Å². The van der Waals surface area contributed by atoms with Crippen molar-refractivity contribution in [2.45, 2.75) is 52.1 Å². The van der Waals surface area contributed by atoms with Gasteiger partial charge < -0.3 is 9.84 Å². The maximum atomic E-state index is 9.27. The molecule has 0 saturated carbocycles. The highest BCUT2D eigenvalue weighted by Gasteiger charge is 2.09. The third kappa shape index (κ3) is 6.03. The number of aliphatic hydroxyl groups is 1. The number of hydrogen-bond acceptors (Lipinski definition) is 2. The third-order valence-electron chi connectivity index (χ3n) is 3.00. The molecule has 2 nitrogen and oxygen atoms in total. The lowest BCUT2D eigenvalue weighted by Crippen LogP contribution is -2.01. The van der Waals surface area contributed by atoms with Gasteiger partial charge in [0.15, 0.2) is 0 Å². The molecule has 0 saturated heterocycles. The van der Waals surface area contributed by atoms with Crippen molar-refractivity contribution in [3.8, 4) is 5.75 Å². The topological polar surface area (TPSA) is 29.5 Å². The first kappa shape index (κ1) is 16.6. The van der Waals surface area contributed by atoms with Crippen LogP contribution >= 0.6 is 23.2 Å². The fourth-order valence-electron chi connectivity index (χ4n) is 1.95. The Morgan fingerprint density at radius 2 is 1.74 bits per heavy atom. The predicted octanol–water partition coefficient (Wildman–Crippen LogP) is 5.23. The molecule has 0 radical (unpaired) electrons. The van der Waals surface area contributed by atoms with E-state index in [2.05, 4.69) is 6.92 Å². The standard InChI is InChI=1S/C15H22Cl2O2/c1-2-3-4-5-6-7-8-19-15-12(11-18)9-13(16)10-14(15)17/h9-10,18H,2-8,11H2,1H3. The van der Waals surface area contributed by atoms with E-state index < -0.39 is 0 Å². The second kappa shape index (κ2) is 9.46. The van der Waals surface area contributed by atoms with E-state index in [0.29, 0.717) is 28.0 Å². The van der Waals surface area contributed by atoms with Crippen LogP contribution in [0.5, 0.6) is 5.75 Å². The number of aliphatic hydroxyl groups excluding tert-OH is 1. The van der Waals surface area contributed by atoms with Crippen LogP contribution in [0, 0.1) is 0 Å². The van der Waals surface area contributed by atoms with Gasteiger partial charge in [0.05, 0.1) is 18.2 Å². The Labute approximate surface area is 125 Å².